The zero-order valence-corrected chi connectivity index (χ0v) is 13.0. The van der Waals surface area contributed by atoms with Gasteiger partial charge in [-0.1, -0.05) is 25.3 Å². The fraction of sp³-hybridized carbons (Fsp3) is 0.600. The van der Waals surface area contributed by atoms with Gasteiger partial charge in [-0.05, 0) is 49.9 Å². The number of rotatable bonds is 4. The molecular weight excluding hydrogens is 274 g/mol. The Kier molecular flexibility index (Phi) is 4.52. The van der Waals surface area contributed by atoms with E-state index in [0.29, 0.717) is 12.8 Å². The van der Waals surface area contributed by atoms with Crippen LogP contribution in [0.5, 0.6) is 0 Å². The summed E-state index contributed by atoms with van der Waals surface area (Å²) in [6.07, 6.45) is 4.42. The molecule has 0 saturated heterocycles. The average molecular weight is 297 g/mol. The van der Waals surface area contributed by atoms with Gasteiger partial charge < -0.3 is 5.11 Å². The quantitative estimate of drug-likeness (QED) is 0.896. The smallest absolute Gasteiger partial charge is 0.241 e. The number of nitrogens with one attached hydrogen (secondary N) is 1. The molecule has 0 atom stereocenters. The Morgan fingerprint density at radius 1 is 1.10 bits per heavy atom. The molecule has 0 amide bonds. The van der Waals surface area contributed by atoms with Gasteiger partial charge in [0, 0.05) is 0 Å². The van der Waals surface area contributed by atoms with Crippen LogP contribution in [0, 0.1) is 13.8 Å². The number of sulfonamides is 1. The fourth-order valence-electron chi connectivity index (χ4n) is 2.95. The van der Waals surface area contributed by atoms with Gasteiger partial charge in [-0.15, -0.1) is 0 Å². The molecule has 0 aliphatic heterocycles. The molecule has 4 nitrogen and oxygen atoms in total. The summed E-state index contributed by atoms with van der Waals surface area (Å²) in [4.78, 5) is 0.286. The number of aliphatic hydroxyl groups is 1. The maximum atomic E-state index is 12.5. The Morgan fingerprint density at radius 3 is 2.15 bits per heavy atom. The summed E-state index contributed by atoms with van der Waals surface area (Å²) in [5, 5.41) is 9.63. The van der Waals surface area contributed by atoms with Gasteiger partial charge in [0.15, 0.2) is 0 Å². The summed E-state index contributed by atoms with van der Waals surface area (Å²) in [5.41, 5.74) is 1.16. The Bertz CT molecular complexity index is 555. The van der Waals surface area contributed by atoms with E-state index in [1.807, 2.05) is 19.9 Å². The summed E-state index contributed by atoms with van der Waals surface area (Å²) in [7, 11) is -3.59. The number of hydrogen-bond acceptors (Lipinski definition) is 3. The summed E-state index contributed by atoms with van der Waals surface area (Å²) in [5.74, 6) is 0. The second-order valence-electron chi connectivity index (χ2n) is 5.93. The lowest BCUT2D eigenvalue weighted by molar-refractivity contribution is 0.142. The second kappa shape index (κ2) is 5.84. The van der Waals surface area contributed by atoms with E-state index >= 15 is 0 Å². The molecule has 1 aromatic rings. The summed E-state index contributed by atoms with van der Waals surface area (Å²) in [6, 6.07) is 5.29. The van der Waals surface area contributed by atoms with Gasteiger partial charge in [0.1, 0.15) is 0 Å². The lowest BCUT2D eigenvalue weighted by Crippen LogP contribution is -2.52. The molecule has 0 bridgehead atoms. The maximum Gasteiger partial charge on any atom is 0.241 e. The highest BCUT2D eigenvalue weighted by Gasteiger charge is 2.36. The van der Waals surface area contributed by atoms with Crippen LogP contribution in [0.3, 0.4) is 0 Å². The maximum absolute atomic E-state index is 12.5. The predicted octanol–water partition coefficient (Wildman–Crippen LogP) is 2.28. The fourth-order valence-corrected chi connectivity index (χ4v) is 4.59. The molecule has 2 rings (SSSR count). The molecule has 1 fully saturated rings. The molecule has 5 heteroatoms. The first-order valence-electron chi connectivity index (χ1n) is 7.10. The van der Waals surface area contributed by atoms with Gasteiger partial charge in [0.25, 0.3) is 0 Å². The largest absolute Gasteiger partial charge is 0.394 e. The van der Waals surface area contributed by atoms with Crippen molar-refractivity contribution in [3.63, 3.8) is 0 Å². The zero-order valence-electron chi connectivity index (χ0n) is 12.1. The number of aliphatic hydroxyl groups excluding tert-OH is 1. The lowest BCUT2D eigenvalue weighted by atomic mass is 9.83. The zero-order chi connectivity index (χ0) is 14.8. The van der Waals surface area contributed by atoms with E-state index in [1.165, 1.54) is 0 Å². The third-order valence-corrected chi connectivity index (χ3v) is 5.53. The minimum Gasteiger partial charge on any atom is -0.394 e. The number of hydrogen-bond donors (Lipinski definition) is 2. The van der Waals surface area contributed by atoms with E-state index in [1.54, 1.807) is 12.1 Å². The predicted molar refractivity (Wildman–Crippen MR) is 79.1 cm³/mol. The Balaban J connectivity index is 2.30. The molecule has 1 saturated carbocycles. The van der Waals surface area contributed by atoms with Gasteiger partial charge in [0.2, 0.25) is 10.0 Å². The minimum absolute atomic E-state index is 0.142. The summed E-state index contributed by atoms with van der Waals surface area (Å²) < 4.78 is 27.8. The van der Waals surface area contributed by atoms with E-state index in [4.69, 9.17) is 0 Å². The molecule has 0 aromatic heterocycles. The Morgan fingerprint density at radius 2 is 1.65 bits per heavy atom. The molecular formula is C15H23NO3S. The third-order valence-electron chi connectivity index (χ3n) is 3.97. The number of aryl methyl sites for hydroxylation is 2. The van der Waals surface area contributed by atoms with Gasteiger partial charge >= 0.3 is 0 Å². The van der Waals surface area contributed by atoms with Crippen LogP contribution < -0.4 is 4.72 Å². The van der Waals surface area contributed by atoms with E-state index < -0.39 is 15.6 Å². The topological polar surface area (TPSA) is 66.4 Å². The first kappa shape index (κ1) is 15.5. The minimum atomic E-state index is -3.59. The highest BCUT2D eigenvalue weighted by Crippen LogP contribution is 2.29. The van der Waals surface area contributed by atoms with Crippen molar-refractivity contribution in [3.05, 3.63) is 29.3 Å². The van der Waals surface area contributed by atoms with Crippen LogP contribution in [-0.2, 0) is 10.0 Å². The lowest BCUT2D eigenvalue weighted by Gasteiger charge is -2.36. The molecule has 0 unspecified atom stereocenters. The van der Waals surface area contributed by atoms with Gasteiger partial charge in [-0.3, -0.25) is 0 Å². The Labute approximate surface area is 121 Å². The van der Waals surface area contributed by atoms with Crippen LogP contribution in [0.15, 0.2) is 23.1 Å². The molecule has 1 aliphatic carbocycles. The number of benzene rings is 1. The molecule has 2 N–H and O–H groups in total. The average Bonchev–Trinajstić information content (AvgIpc) is 2.38. The first-order chi connectivity index (χ1) is 9.37. The second-order valence-corrected chi connectivity index (χ2v) is 7.61. The van der Waals surface area contributed by atoms with E-state index in [-0.39, 0.29) is 11.5 Å². The van der Waals surface area contributed by atoms with E-state index in [0.717, 1.165) is 30.4 Å². The van der Waals surface area contributed by atoms with Crippen molar-refractivity contribution in [2.24, 2.45) is 0 Å². The van der Waals surface area contributed by atoms with Crippen LogP contribution in [-0.4, -0.2) is 25.7 Å². The molecule has 1 aliphatic rings. The van der Waals surface area contributed by atoms with Crippen LogP contribution in [0.25, 0.3) is 0 Å². The molecule has 20 heavy (non-hydrogen) atoms. The monoisotopic (exact) mass is 297 g/mol. The Hall–Kier alpha value is -0.910. The van der Waals surface area contributed by atoms with Crippen molar-refractivity contribution < 1.29 is 13.5 Å². The molecule has 0 spiro atoms. The molecule has 0 radical (unpaired) electrons. The van der Waals surface area contributed by atoms with Crippen molar-refractivity contribution in [1.29, 1.82) is 0 Å². The van der Waals surface area contributed by atoms with Crippen molar-refractivity contribution in [3.8, 4) is 0 Å². The summed E-state index contributed by atoms with van der Waals surface area (Å²) in [6.45, 7) is 3.62. The third kappa shape index (κ3) is 3.40. The molecule has 112 valence electrons. The van der Waals surface area contributed by atoms with Crippen LogP contribution in [0.1, 0.15) is 43.2 Å². The van der Waals surface area contributed by atoms with Crippen molar-refractivity contribution in [2.75, 3.05) is 6.61 Å². The SMILES string of the molecule is Cc1cc(C)cc(S(=O)(=O)NC2(CO)CCCCC2)c1. The van der Waals surface area contributed by atoms with Crippen LogP contribution >= 0.6 is 0 Å². The summed E-state index contributed by atoms with van der Waals surface area (Å²) >= 11 is 0. The molecule has 1 aromatic carbocycles. The highest BCUT2D eigenvalue weighted by atomic mass is 32.2. The van der Waals surface area contributed by atoms with Crippen LogP contribution in [0.4, 0.5) is 0 Å². The van der Waals surface area contributed by atoms with Gasteiger partial charge in [-0.2, -0.15) is 0 Å². The van der Waals surface area contributed by atoms with Gasteiger partial charge in [-0.25, -0.2) is 13.1 Å². The first-order valence-corrected chi connectivity index (χ1v) is 8.58. The van der Waals surface area contributed by atoms with Crippen molar-refractivity contribution in [2.45, 2.75) is 56.4 Å². The van der Waals surface area contributed by atoms with Gasteiger partial charge in [0.05, 0.1) is 17.0 Å². The highest BCUT2D eigenvalue weighted by molar-refractivity contribution is 7.89. The van der Waals surface area contributed by atoms with E-state index in [2.05, 4.69) is 4.72 Å². The standard InChI is InChI=1S/C15H23NO3S/c1-12-8-13(2)10-14(9-12)20(18,19)16-15(11-17)6-4-3-5-7-15/h8-10,16-17H,3-7,11H2,1-2H3. The van der Waals surface area contributed by atoms with E-state index in [9.17, 15) is 13.5 Å². The van der Waals surface area contributed by atoms with Crippen LogP contribution in [0.2, 0.25) is 0 Å². The van der Waals surface area contributed by atoms with Crippen molar-refractivity contribution in [1.82, 2.24) is 4.72 Å². The normalized spacial score (nSPS) is 18.9. The van der Waals surface area contributed by atoms with Crippen molar-refractivity contribution >= 4 is 10.0 Å². The molecule has 0 heterocycles.